The molecule has 0 bridgehead atoms. The van der Waals surface area contributed by atoms with Crippen molar-refractivity contribution in [3.05, 3.63) is 58.2 Å². The molecule has 11 heteroatoms. The van der Waals surface area contributed by atoms with Crippen molar-refractivity contribution in [3.8, 4) is 11.5 Å². The van der Waals surface area contributed by atoms with Crippen LogP contribution in [0.2, 0.25) is 0 Å². The Bertz CT molecular complexity index is 1040. The van der Waals surface area contributed by atoms with Gasteiger partial charge in [0.2, 0.25) is 0 Å². The third-order valence-corrected chi connectivity index (χ3v) is 6.38. The first-order valence-corrected chi connectivity index (χ1v) is 11.7. The van der Waals surface area contributed by atoms with Gasteiger partial charge in [0.1, 0.15) is 30.3 Å². The Balaban J connectivity index is 2.00. The zero-order valence-electron chi connectivity index (χ0n) is 15.7. The number of esters is 2. The number of carboxylic acid groups (broad SMARTS) is 1. The minimum Gasteiger partial charge on any atom is -0.507 e. The van der Waals surface area contributed by atoms with Crippen LogP contribution in [0.15, 0.2) is 30.8 Å². The minimum atomic E-state index is -1.14. The van der Waals surface area contributed by atoms with Gasteiger partial charge in [0.05, 0.1) is 12.7 Å². The standard InChI is InChI=1S/C20H15I3O8/c1-2-10-3-4-11(14(24)7-10)19(27)29-5-6-30-20(28)16-12(21)8-13(22)18(17(16)23)31-9-15(25)26/h2-4,7-8,24H,1,5-6,9H2,(H,25,26). The van der Waals surface area contributed by atoms with E-state index in [2.05, 4.69) is 6.58 Å². The van der Waals surface area contributed by atoms with Gasteiger partial charge in [0.25, 0.3) is 0 Å². The number of carbonyl (C=O) groups is 3. The number of benzene rings is 2. The lowest BCUT2D eigenvalue weighted by Gasteiger charge is -2.14. The average Bonchev–Trinajstić information content (AvgIpc) is 2.70. The molecule has 0 amide bonds. The van der Waals surface area contributed by atoms with E-state index in [1.54, 1.807) is 12.1 Å². The molecule has 2 aromatic rings. The number of carboxylic acids is 1. The van der Waals surface area contributed by atoms with Crippen molar-refractivity contribution in [2.24, 2.45) is 0 Å². The van der Waals surface area contributed by atoms with Gasteiger partial charge in [-0.1, -0.05) is 18.7 Å². The fraction of sp³-hybridized carbons (Fsp3) is 0.150. The van der Waals surface area contributed by atoms with Crippen molar-refractivity contribution < 1.29 is 38.8 Å². The summed E-state index contributed by atoms with van der Waals surface area (Å²) >= 11 is 5.86. The Kier molecular flexibility index (Phi) is 9.80. The molecule has 0 aliphatic heterocycles. The topological polar surface area (TPSA) is 119 Å². The van der Waals surface area contributed by atoms with E-state index in [1.165, 1.54) is 18.2 Å². The Morgan fingerprint density at radius 2 is 1.65 bits per heavy atom. The normalized spacial score (nSPS) is 10.3. The van der Waals surface area contributed by atoms with Crippen LogP contribution in [-0.4, -0.2) is 47.9 Å². The fourth-order valence-corrected chi connectivity index (χ4v) is 6.42. The maximum absolute atomic E-state index is 12.5. The molecule has 0 saturated carbocycles. The van der Waals surface area contributed by atoms with Crippen molar-refractivity contribution in [3.63, 3.8) is 0 Å². The fourth-order valence-electron chi connectivity index (χ4n) is 2.29. The molecule has 0 atom stereocenters. The maximum atomic E-state index is 12.5. The highest BCUT2D eigenvalue weighted by Crippen LogP contribution is 2.34. The SMILES string of the molecule is C=Cc1ccc(C(=O)OCCOC(=O)c2c(I)cc(I)c(OCC(=O)O)c2I)c(O)c1. The zero-order valence-corrected chi connectivity index (χ0v) is 22.2. The van der Waals surface area contributed by atoms with E-state index < -0.39 is 24.5 Å². The number of phenols is 1. The number of phenolic OH excluding ortho intramolecular Hbond substituents is 1. The van der Waals surface area contributed by atoms with E-state index in [4.69, 9.17) is 19.3 Å². The van der Waals surface area contributed by atoms with Gasteiger partial charge < -0.3 is 24.4 Å². The number of ether oxygens (including phenoxy) is 3. The lowest BCUT2D eigenvalue weighted by Crippen LogP contribution is -2.17. The summed E-state index contributed by atoms with van der Waals surface area (Å²) in [6, 6.07) is 6.07. The van der Waals surface area contributed by atoms with Crippen molar-refractivity contribution in [2.45, 2.75) is 0 Å². The van der Waals surface area contributed by atoms with Crippen molar-refractivity contribution >= 4 is 91.8 Å². The highest BCUT2D eigenvalue weighted by Gasteiger charge is 2.23. The van der Waals surface area contributed by atoms with Gasteiger partial charge in [-0.25, -0.2) is 14.4 Å². The summed E-state index contributed by atoms with van der Waals surface area (Å²) in [4.78, 5) is 35.4. The van der Waals surface area contributed by atoms with Crippen LogP contribution in [0, 0.1) is 10.7 Å². The summed E-state index contributed by atoms with van der Waals surface area (Å²) in [7, 11) is 0. The van der Waals surface area contributed by atoms with Gasteiger partial charge in [-0.3, -0.25) is 0 Å². The predicted molar refractivity (Wildman–Crippen MR) is 136 cm³/mol. The van der Waals surface area contributed by atoms with Gasteiger partial charge in [-0.15, -0.1) is 0 Å². The first-order valence-electron chi connectivity index (χ1n) is 8.47. The lowest BCUT2D eigenvalue weighted by atomic mass is 10.1. The Morgan fingerprint density at radius 1 is 1.00 bits per heavy atom. The average molecular weight is 764 g/mol. The summed E-state index contributed by atoms with van der Waals surface area (Å²) in [5.41, 5.74) is 0.862. The molecule has 2 aromatic carbocycles. The van der Waals surface area contributed by atoms with Crippen LogP contribution in [0.1, 0.15) is 26.3 Å². The molecule has 164 valence electrons. The molecule has 0 radical (unpaired) electrons. The molecule has 0 saturated heterocycles. The Morgan fingerprint density at radius 3 is 2.23 bits per heavy atom. The van der Waals surface area contributed by atoms with E-state index in [-0.39, 0.29) is 35.8 Å². The number of carbonyl (C=O) groups excluding carboxylic acids is 2. The van der Waals surface area contributed by atoms with Gasteiger partial charge in [0, 0.05) is 3.57 Å². The lowest BCUT2D eigenvalue weighted by molar-refractivity contribution is -0.139. The predicted octanol–water partition coefficient (Wildman–Crippen LogP) is 4.33. The first-order chi connectivity index (χ1) is 14.6. The van der Waals surface area contributed by atoms with Crippen LogP contribution in [-0.2, 0) is 14.3 Å². The molecule has 0 aromatic heterocycles. The van der Waals surface area contributed by atoms with Crippen LogP contribution in [0.3, 0.4) is 0 Å². The summed E-state index contributed by atoms with van der Waals surface area (Å²) < 4.78 is 17.2. The zero-order chi connectivity index (χ0) is 23.1. The van der Waals surface area contributed by atoms with E-state index >= 15 is 0 Å². The van der Waals surface area contributed by atoms with E-state index in [9.17, 15) is 19.5 Å². The number of aliphatic carboxylic acids is 1. The summed E-state index contributed by atoms with van der Waals surface area (Å²) in [6.07, 6.45) is 1.53. The van der Waals surface area contributed by atoms with Gasteiger partial charge >= 0.3 is 17.9 Å². The number of aromatic hydroxyl groups is 1. The van der Waals surface area contributed by atoms with E-state index in [0.29, 0.717) is 16.3 Å². The molecule has 8 nitrogen and oxygen atoms in total. The molecule has 0 aliphatic rings. The second kappa shape index (κ2) is 11.8. The smallest absolute Gasteiger partial charge is 0.342 e. The molecule has 0 aliphatic carbocycles. The second-order valence-electron chi connectivity index (χ2n) is 5.79. The third kappa shape index (κ3) is 6.93. The minimum absolute atomic E-state index is 0.0149. The quantitative estimate of drug-likeness (QED) is 0.220. The maximum Gasteiger partial charge on any atom is 0.342 e. The Labute approximate surface area is 218 Å². The van der Waals surface area contributed by atoms with Gasteiger partial charge in [-0.05, 0) is 91.5 Å². The summed E-state index contributed by atoms with van der Waals surface area (Å²) in [5.74, 6) is -2.52. The number of halogens is 3. The van der Waals surface area contributed by atoms with E-state index in [1.807, 2.05) is 67.8 Å². The highest BCUT2D eigenvalue weighted by molar-refractivity contribution is 14.1. The number of hydrogen-bond acceptors (Lipinski definition) is 7. The van der Waals surface area contributed by atoms with Crippen LogP contribution in [0.25, 0.3) is 6.08 Å². The highest BCUT2D eigenvalue weighted by atomic mass is 127. The molecular formula is C20H15I3O8. The van der Waals surface area contributed by atoms with Crippen LogP contribution >= 0.6 is 67.8 Å². The molecule has 0 fully saturated rings. The van der Waals surface area contributed by atoms with Crippen LogP contribution in [0.4, 0.5) is 0 Å². The molecule has 31 heavy (non-hydrogen) atoms. The second-order valence-corrected chi connectivity index (χ2v) is 9.20. The van der Waals surface area contributed by atoms with Crippen molar-refractivity contribution in [2.75, 3.05) is 19.8 Å². The van der Waals surface area contributed by atoms with Gasteiger partial charge in [-0.2, -0.15) is 0 Å². The summed E-state index contributed by atoms with van der Waals surface area (Å²) in [6.45, 7) is 2.61. The van der Waals surface area contributed by atoms with Gasteiger partial charge in [0.15, 0.2) is 6.61 Å². The first kappa shape index (κ1) is 25.6. The third-order valence-electron chi connectivity index (χ3n) is 3.70. The molecule has 0 heterocycles. The molecule has 2 rings (SSSR count). The molecule has 0 spiro atoms. The monoisotopic (exact) mass is 764 g/mol. The Hall–Kier alpha value is -1.62. The van der Waals surface area contributed by atoms with Crippen LogP contribution < -0.4 is 4.74 Å². The number of rotatable bonds is 9. The molecular weight excluding hydrogens is 749 g/mol. The van der Waals surface area contributed by atoms with Crippen molar-refractivity contribution in [1.82, 2.24) is 0 Å². The van der Waals surface area contributed by atoms with Crippen molar-refractivity contribution in [1.29, 1.82) is 0 Å². The molecule has 2 N–H and O–H groups in total. The largest absolute Gasteiger partial charge is 0.507 e. The number of hydrogen-bond donors (Lipinski definition) is 2. The van der Waals surface area contributed by atoms with E-state index in [0.717, 1.165) is 0 Å². The summed E-state index contributed by atoms with van der Waals surface area (Å²) in [5, 5.41) is 18.7. The van der Waals surface area contributed by atoms with Crippen LogP contribution in [0.5, 0.6) is 11.5 Å². The molecule has 0 unspecified atom stereocenters.